The molecular formula is C20H16F6O3S. The zero-order chi connectivity index (χ0) is 22.5. The summed E-state index contributed by atoms with van der Waals surface area (Å²) in [7, 11) is 2.46. The lowest BCUT2D eigenvalue weighted by Gasteiger charge is -2.16. The molecule has 0 unspecified atom stereocenters. The van der Waals surface area contributed by atoms with Crippen LogP contribution in [-0.2, 0) is 32.4 Å². The minimum Gasteiger partial charge on any atom is -0.503 e. The first-order chi connectivity index (χ1) is 14.0. The van der Waals surface area contributed by atoms with Crippen molar-refractivity contribution in [3.8, 4) is 0 Å². The number of thioether (sulfide) groups is 1. The molecule has 0 spiro atoms. The lowest BCUT2D eigenvalue weighted by Crippen LogP contribution is -2.12. The summed E-state index contributed by atoms with van der Waals surface area (Å²) in [6.45, 7) is 0. The van der Waals surface area contributed by atoms with E-state index in [4.69, 9.17) is 4.74 Å². The Morgan fingerprint density at radius 1 is 1.00 bits per heavy atom. The predicted octanol–water partition coefficient (Wildman–Crippen LogP) is 6.18. The van der Waals surface area contributed by atoms with Crippen LogP contribution in [0.3, 0.4) is 0 Å². The van der Waals surface area contributed by atoms with Crippen LogP contribution in [0, 0.1) is 0 Å². The summed E-state index contributed by atoms with van der Waals surface area (Å²) in [6, 6.07) is 7.57. The van der Waals surface area contributed by atoms with E-state index in [0.29, 0.717) is 28.7 Å². The van der Waals surface area contributed by atoms with E-state index in [2.05, 4.69) is 4.74 Å². The molecular weight excluding hydrogens is 434 g/mol. The fourth-order valence-electron chi connectivity index (χ4n) is 2.59. The fourth-order valence-corrected chi connectivity index (χ4v) is 3.64. The average Bonchev–Trinajstić information content (AvgIpc) is 2.68. The molecule has 0 heterocycles. The van der Waals surface area contributed by atoms with Gasteiger partial charge in [-0.2, -0.15) is 26.3 Å². The number of methoxy groups -OCH3 is 2. The van der Waals surface area contributed by atoms with Crippen molar-refractivity contribution in [1.29, 1.82) is 0 Å². The van der Waals surface area contributed by atoms with Gasteiger partial charge in [0.1, 0.15) is 5.57 Å². The van der Waals surface area contributed by atoms with Crippen LogP contribution in [0.5, 0.6) is 0 Å². The fraction of sp³-hybridized carbons (Fsp3) is 0.250. The van der Waals surface area contributed by atoms with Crippen molar-refractivity contribution in [2.45, 2.75) is 23.0 Å². The molecule has 0 aliphatic heterocycles. The Morgan fingerprint density at radius 2 is 1.67 bits per heavy atom. The lowest BCUT2D eigenvalue weighted by molar-refractivity contribution is -0.141. The van der Waals surface area contributed by atoms with Crippen LogP contribution in [0.4, 0.5) is 26.3 Å². The highest BCUT2D eigenvalue weighted by Gasteiger charge is 2.37. The molecule has 30 heavy (non-hydrogen) atoms. The minimum atomic E-state index is -4.81. The third kappa shape index (κ3) is 5.71. The van der Waals surface area contributed by atoms with Gasteiger partial charge in [0.05, 0.1) is 31.6 Å². The molecule has 0 amide bonds. The molecule has 162 valence electrons. The topological polar surface area (TPSA) is 35.5 Å². The SMILES string of the molecule is CO/C=C(/C(=O)OC)c1ccccc1SCc1cc(C(F)(F)F)ccc1C(F)(F)F. The maximum absolute atomic E-state index is 13.3. The molecule has 2 aromatic rings. The molecule has 0 fully saturated rings. The van der Waals surface area contributed by atoms with Crippen LogP contribution < -0.4 is 0 Å². The number of rotatable bonds is 6. The lowest BCUT2D eigenvalue weighted by atomic mass is 10.0. The number of ether oxygens (including phenoxy) is 2. The molecule has 0 radical (unpaired) electrons. The van der Waals surface area contributed by atoms with E-state index in [1.807, 2.05) is 0 Å². The van der Waals surface area contributed by atoms with Crippen molar-refractivity contribution in [2.75, 3.05) is 14.2 Å². The third-order valence-electron chi connectivity index (χ3n) is 3.94. The predicted molar refractivity (Wildman–Crippen MR) is 99.5 cm³/mol. The Bertz CT molecular complexity index is 935. The van der Waals surface area contributed by atoms with E-state index in [-0.39, 0.29) is 5.57 Å². The van der Waals surface area contributed by atoms with Crippen molar-refractivity contribution in [2.24, 2.45) is 0 Å². The second-order valence-electron chi connectivity index (χ2n) is 5.91. The van der Waals surface area contributed by atoms with Crippen LogP contribution in [0.25, 0.3) is 5.57 Å². The number of carbonyl (C=O) groups excluding carboxylic acids is 1. The Kier molecular flexibility index (Phi) is 7.46. The van der Waals surface area contributed by atoms with E-state index in [1.54, 1.807) is 12.1 Å². The molecule has 0 aromatic heterocycles. The highest BCUT2D eigenvalue weighted by atomic mass is 32.2. The van der Waals surface area contributed by atoms with E-state index < -0.39 is 40.8 Å². The van der Waals surface area contributed by atoms with Crippen LogP contribution in [0.15, 0.2) is 53.6 Å². The monoisotopic (exact) mass is 450 g/mol. The summed E-state index contributed by atoms with van der Waals surface area (Å²) in [5.74, 6) is -1.14. The second kappa shape index (κ2) is 9.46. The zero-order valence-electron chi connectivity index (χ0n) is 15.7. The summed E-state index contributed by atoms with van der Waals surface area (Å²) in [6.07, 6.45) is -8.47. The molecule has 3 nitrogen and oxygen atoms in total. The van der Waals surface area contributed by atoms with Gasteiger partial charge in [-0.25, -0.2) is 4.79 Å². The second-order valence-corrected chi connectivity index (χ2v) is 6.93. The number of benzene rings is 2. The third-order valence-corrected chi connectivity index (χ3v) is 5.06. The van der Waals surface area contributed by atoms with Gasteiger partial charge in [0.2, 0.25) is 0 Å². The van der Waals surface area contributed by atoms with E-state index in [0.717, 1.165) is 25.1 Å². The summed E-state index contributed by atoms with van der Waals surface area (Å²) < 4.78 is 88.4. The van der Waals surface area contributed by atoms with Crippen molar-refractivity contribution < 1.29 is 40.6 Å². The van der Waals surface area contributed by atoms with Crippen molar-refractivity contribution in [3.05, 3.63) is 71.0 Å². The van der Waals surface area contributed by atoms with Crippen LogP contribution in [0.2, 0.25) is 0 Å². The normalized spacial score (nSPS) is 12.6. The summed E-state index contributed by atoms with van der Waals surface area (Å²) in [5.41, 5.74) is -2.51. The molecule has 0 saturated heterocycles. The summed E-state index contributed by atoms with van der Waals surface area (Å²) in [4.78, 5) is 12.4. The van der Waals surface area contributed by atoms with Gasteiger partial charge in [0.15, 0.2) is 0 Å². The van der Waals surface area contributed by atoms with Gasteiger partial charge >= 0.3 is 18.3 Å². The molecule has 10 heteroatoms. The Morgan fingerprint density at radius 3 is 2.23 bits per heavy atom. The summed E-state index contributed by atoms with van der Waals surface area (Å²) >= 11 is 0.860. The van der Waals surface area contributed by atoms with Crippen molar-refractivity contribution >= 4 is 23.3 Å². The molecule has 0 aliphatic carbocycles. The molecule has 0 saturated carbocycles. The average molecular weight is 450 g/mol. The van der Waals surface area contributed by atoms with Gasteiger partial charge in [-0.15, -0.1) is 11.8 Å². The zero-order valence-corrected chi connectivity index (χ0v) is 16.5. The van der Waals surface area contributed by atoms with Gasteiger partial charge in [-0.05, 0) is 29.8 Å². The van der Waals surface area contributed by atoms with Crippen molar-refractivity contribution in [3.63, 3.8) is 0 Å². The highest BCUT2D eigenvalue weighted by molar-refractivity contribution is 7.98. The largest absolute Gasteiger partial charge is 0.503 e. The number of alkyl halides is 6. The molecule has 0 atom stereocenters. The maximum atomic E-state index is 13.3. The van der Waals surface area contributed by atoms with Gasteiger partial charge in [-0.3, -0.25) is 0 Å². The highest BCUT2D eigenvalue weighted by Crippen LogP contribution is 2.39. The number of hydrogen-bond acceptors (Lipinski definition) is 4. The van der Waals surface area contributed by atoms with Crippen LogP contribution >= 0.6 is 11.8 Å². The van der Waals surface area contributed by atoms with Gasteiger partial charge in [0.25, 0.3) is 0 Å². The van der Waals surface area contributed by atoms with Crippen molar-refractivity contribution in [1.82, 2.24) is 0 Å². The first-order valence-electron chi connectivity index (χ1n) is 8.29. The quantitative estimate of drug-likeness (QED) is 0.173. The minimum absolute atomic E-state index is 0.0168. The standard InChI is InChI=1S/C20H16F6O3S/c1-28-10-15(18(27)29-2)14-5-3-4-6-17(14)30-11-12-9-13(19(21,22)23)7-8-16(12)20(24,25)26/h3-10H,11H2,1-2H3/b15-10+. The van der Waals surface area contributed by atoms with E-state index in [9.17, 15) is 31.1 Å². The van der Waals surface area contributed by atoms with Gasteiger partial charge < -0.3 is 9.47 Å². The molecule has 2 aromatic carbocycles. The van der Waals surface area contributed by atoms with Crippen LogP contribution in [-0.4, -0.2) is 20.2 Å². The Hall–Kier alpha value is -2.62. The molecule has 2 rings (SSSR count). The first-order valence-corrected chi connectivity index (χ1v) is 9.28. The smallest absolute Gasteiger partial charge is 0.416 e. The molecule has 0 aliphatic rings. The number of esters is 1. The Labute approximate surface area is 172 Å². The van der Waals surface area contributed by atoms with Crippen LogP contribution in [0.1, 0.15) is 22.3 Å². The Balaban J connectivity index is 2.45. The van der Waals surface area contributed by atoms with Gasteiger partial charge in [-0.1, -0.05) is 18.2 Å². The van der Waals surface area contributed by atoms with Gasteiger partial charge in [0, 0.05) is 16.2 Å². The number of halogens is 6. The maximum Gasteiger partial charge on any atom is 0.416 e. The van der Waals surface area contributed by atoms with E-state index in [1.165, 1.54) is 19.2 Å². The van der Waals surface area contributed by atoms with E-state index >= 15 is 0 Å². The summed E-state index contributed by atoms with van der Waals surface area (Å²) in [5, 5.41) is 0. The molecule has 0 bridgehead atoms. The number of carbonyl (C=O) groups is 1. The first kappa shape index (κ1) is 23.7. The molecule has 0 N–H and O–H groups in total. The number of hydrogen-bond donors (Lipinski definition) is 0.